The fourth-order valence-corrected chi connectivity index (χ4v) is 3.01. The minimum Gasteiger partial charge on any atom is -0.402 e. The van der Waals surface area contributed by atoms with Crippen LogP contribution in [0.15, 0.2) is 95.1 Å². The standard InChI is InChI=1S/C23H17NO2/c1-16(14-17-8-3-2-4-9-17)15-21-23(25)26-22(24-21)20-13-7-11-18-10-5-6-12-19(18)20/h2-15H,1H3/b16-14-,21-15+. The van der Waals surface area contributed by atoms with Crippen molar-refractivity contribution in [3.05, 3.63) is 101 Å². The largest absolute Gasteiger partial charge is 0.402 e. The Bertz CT molecular complexity index is 1070. The lowest BCUT2D eigenvalue weighted by molar-refractivity contribution is -0.130. The highest BCUT2D eigenvalue weighted by Gasteiger charge is 2.25. The van der Waals surface area contributed by atoms with Gasteiger partial charge in [-0.2, -0.15) is 0 Å². The van der Waals surface area contributed by atoms with Crippen molar-refractivity contribution in [3.8, 4) is 0 Å². The van der Waals surface area contributed by atoms with Gasteiger partial charge in [0.15, 0.2) is 5.70 Å². The number of hydrogen-bond acceptors (Lipinski definition) is 3. The Morgan fingerprint density at radius 1 is 0.923 bits per heavy atom. The molecule has 0 unspecified atom stereocenters. The van der Waals surface area contributed by atoms with Gasteiger partial charge >= 0.3 is 5.97 Å². The van der Waals surface area contributed by atoms with E-state index in [1.54, 1.807) is 6.08 Å². The van der Waals surface area contributed by atoms with Crippen molar-refractivity contribution in [1.82, 2.24) is 0 Å². The Morgan fingerprint density at radius 2 is 1.65 bits per heavy atom. The monoisotopic (exact) mass is 339 g/mol. The van der Waals surface area contributed by atoms with Crippen LogP contribution in [0.4, 0.5) is 0 Å². The summed E-state index contributed by atoms with van der Waals surface area (Å²) in [5.41, 5.74) is 3.15. The second-order valence-corrected chi connectivity index (χ2v) is 6.16. The van der Waals surface area contributed by atoms with E-state index < -0.39 is 5.97 Å². The van der Waals surface area contributed by atoms with Gasteiger partial charge in [0, 0.05) is 5.56 Å². The number of hydrogen-bond donors (Lipinski definition) is 0. The van der Waals surface area contributed by atoms with E-state index in [4.69, 9.17) is 4.74 Å². The molecule has 126 valence electrons. The number of esters is 1. The highest BCUT2D eigenvalue weighted by Crippen LogP contribution is 2.24. The van der Waals surface area contributed by atoms with Crippen LogP contribution in [0.25, 0.3) is 16.8 Å². The van der Waals surface area contributed by atoms with Gasteiger partial charge in [0.1, 0.15) is 0 Å². The van der Waals surface area contributed by atoms with Crippen LogP contribution < -0.4 is 0 Å². The fourth-order valence-electron chi connectivity index (χ4n) is 3.01. The van der Waals surface area contributed by atoms with Gasteiger partial charge in [-0.3, -0.25) is 0 Å². The molecule has 3 aromatic carbocycles. The molecule has 0 fully saturated rings. The van der Waals surface area contributed by atoms with E-state index in [1.165, 1.54) is 0 Å². The highest BCUT2D eigenvalue weighted by atomic mass is 16.6. The van der Waals surface area contributed by atoms with Crippen molar-refractivity contribution < 1.29 is 9.53 Å². The predicted octanol–water partition coefficient (Wildman–Crippen LogP) is 5.13. The van der Waals surface area contributed by atoms with Crippen LogP contribution in [0.2, 0.25) is 0 Å². The van der Waals surface area contributed by atoms with Crippen LogP contribution in [0.3, 0.4) is 0 Å². The van der Waals surface area contributed by atoms with Crippen molar-refractivity contribution in [2.24, 2.45) is 4.99 Å². The lowest BCUT2D eigenvalue weighted by Gasteiger charge is -2.04. The molecule has 0 aliphatic carbocycles. The highest BCUT2D eigenvalue weighted by molar-refractivity contribution is 6.16. The van der Waals surface area contributed by atoms with Gasteiger partial charge < -0.3 is 4.74 Å². The van der Waals surface area contributed by atoms with E-state index >= 15 is 0 Å². The van der Waals surface area contributed by atoms with Crippen molar-refractivity contribution in [3.63, 3.8) is 0 Å². The smallest absolute Gasteiger partial charge is 0.363 e. The molecular weight excluding hydrogens is 322 g/mol. The van der Waals surface area contributed by atoms with Gasteiger partial charge in [0.25, 0.3) is 0 Å². The topological polar surface area (TPSA) is 38.7 Å². The summed E-state index contributed by atoms with van der Waals surface area (Å²) in [6.07, 6.45) is 3.76. The summed E-state index contributed by atoms with van der Waals surface area (Å²) in [5.74, 6) is -0.0701. The lowest BCUT2D eigenvalue weighted by Crippen LogP contribution is -2.05. The first-order chi connectivity index (χ1) is 12.7. The number of allylic oxidation sites excluding steroid dienone is 2. The normalized spacial score (nSPS) is 16.0. The van der Waals surface area contributed by atoms with Gasteiger partial charge in [-0.05, 0) is 41.0 Å². The molecule has 3 aromatic rings. The van der Waals surface area contributed by atoms with Gasteiger partial charge in [-0.15, -0.1) is 0 Å². The minimum absolute atomic E-state index is 0.317. The molecule has 0 saturated carbocycles. The zero-order chi connectivity index (χ0) is 17.9. The molecule has 4 rings (SSSR count). The molecule has 0 aromatic heterocycles. The number of aliphatic imine (C=N–C) groups is 1. The predicted molar refractivity (Wildman–Crippen MR) is 105 cm³/mol. The number of benzene rings is 3. The average Bonchev–Trinajstić information content (AvgIpc) is 3.02. The van der Waals surface area contributed by atoms with E-state index in [0.29, 0.717) is 11.6 Å². The number of nitrogens with zero attached hydrogens (tertiary/aromatic N) is 1. The van der Waals surface area contributed by atoms with E-state index in [2.05, 4.69) is 4.99 Å². The number of rotatable bonds is 3. The molecule has 0 spiro atoms. The number of fused-ring (bicyclic) bond motifs is 1. The van der Waals surface area contributed by atoms with Crippen LogP contribution >= 0.6 is 0 Å². The number of carbonyl (C=O) groups is 1. The van der Waals surface area contributed by atoms with Crippen molar-refractivity contribution in [2.45, 2.75) is 6.92 Å². The molecule has 1 aliphatic rings. The molecular formula is C23H17NO2. The summed E-state index contributed by atoms with van der Waals surface area (Å²) < 4.78 is 5.43. The summed E-state index contributed by atoms with van der Waals surface area (Å²) in [5, 5.41) is 2.10. The first-order valence-electron chi connectivity index (χ1n) is 8.45. The zero-order valence-electron chi connectivity index (χ0n) is 14.3. The second-order valence-electron chi connectivity index (χ2n) is 6.16. The van der Waals surface area contributed by atoms with Crippen molar-refractivity contribution in [2.75, 3.05) is 0 Å². The number of cyclic esters (lactones) is 1. The first-order valence-corrected chi connectivity index (χ1v) is 8.45. The molecule has 0 amide bonds. The maximum absolute atomic E-state index is 12.2. The summed E-state index contributed by atoms with van der Waals surface area (Å²) >= 11 is 0. The van der Waals surface area contributed by atoms with Crippen LogP contribution in [0, 0.1) is 0 Å². The third-order valence-electron chi connectivity index (χ3n) is 4.20. The summed E-state index contributed by atoms with van der Waals surface area (Å²) in [7, 11) is 0. The summed E-state index contributed by atoms with van der Waals surface area (Å²) in [6, 6.07) is 23.8. The van der Waals surface area contributed by atoms with E-state index in [0.717, 1.165) is 27.5 Å². The Hall–Kier alpha value is -3.46. The Kier molecular flexibility index (Phi) is 4.20. The van der Waals surface area contributed by atoms with Crippen molar-refractivity contribution >= 4 is 28.7 Å². The van der Waals surface area contributed by atoms with E-state index in [-0.39, 0.29) is 0 Å². The van der Waals surface area contributed by atoms with Gasteiger partial charge in [-0.25, -0.2) is 9.79 Å². The maximum atomic E-state index is 12.2. The molecule has 0 bridgehead atoms. The molecule has 26 heavy (non-hydrogen) atoms. The molecule has 1 aliphatic heterocycles. The Balaban J connectivity index is 1.70. The molecule has 0 N–H and O–H groups in total. The van der Waals surface area contributed by atoms with Crippen LogP contribution in [-0.4, -0.2) is 11.9 Å². The summed E-state index contributed by atoms with van der Waals surface area (Å²) in [4.78, 5) is 16.7. The van der Waals surface area contributed by atoms with Gasteiger partial charge in [0.2, 0.25) is 5.90 Å². The van der Waals surface area contributed by atoms with Crippen LogP contribution in [-0.2, 0) is 9.53 Å². The minimum atomic E-state index is -0.422. The summed E-state index contributed by atoms with van der Waals surface area (Å²) in [6.45, 7) is 1.94. The van der Waals surface area contributed by atoms with Crippen LogP contribution in [0.1, 0.15) is 18.1 Å². The third kappa shape index (κ3) is 3.20. The van der Waals surface area contributed by atoms with E-state index in [9.17, 15) is 4.79 Å². The fraction of sp³-hybridized carbons (Fsp3) is 0.0435. The number of carbonyl (C=O) groups excluding carboxylic acids is 1. The molecule has 1 heterocycles. The van der Waals surface area contributed by atoms with Crippen molar-refractivity contribution in [1.29, 1.82) is 0 Å². The zero-order valence-corrected chi connectivity index (χ0v) is 14.3. The Morgan fingerprint density at radius 3 is 2.50 bits per heavy atom. The van der Waals surface area contributed by atoms with Gasteiger partial charge in [0.05, 0.1) is 0 Å². The SMILES string of the molecule is CC(=C/c1ccccc1)/C=C1/N=C(c2cccc3ccccc23)OC1=O. The van der Waals surface area contributed by atoms with Crippen LogP contribution in [0.5, 0.6) is 0 Å². The van der Waals surface area contributed by atoms with Gasteiger partial charge in [-0.1, -0.05) is 72.8 Å². The molecule has 3 heteroatoms. The second kappa shape index (κ2) is 6.81. The third-order valence-corrected chi connectivity index (χ3v) is 4.20. The molecule has 0 radical (unpaired) electrons. The first kappa shape index (κ1) is 16.0. The average molecular weight is 339 g/mol. The lowest BCUT2D eigenvalue weighted by atomic mass is 10.0. The molecule has 3 nitrogen and oxygen atoms in total. The molecule has 0 saturated heterocycles. The number of ether oxygens (including phenoxy) is 1. The quantitative estimate of drug-likeness (QED) is 0.490. The Labute approximate surface area is 152 Å². The van der Waals surface area contributed by atoms with E-state index in [1.807, 2.05) is 85.8 Å². The maximum Gasteiger partial charge on any atom is 0.363 e. The molecule has 0 atom stereocenters.